The molecule has 1 aromatic carbocycles. The molecule has 0 saturated heterocycles. The van der Waals surface area contributed by atoms with Gasteiger partial charge in [0.05, 0.1) is 6.54 Å². The van der Waals surface area contributed by atoms with E-state index in [1.54, 1.807) is 11.1 Å². The van der Waals surface area contributed by atoms with Crippen LogP contribution in [-0.2, 0) is 0 Å². The maximum atomic E-state index is 14.5. The molecular formula is C25H36FN3O. The first-order valence-corrected chi connectivity index (χ1v) is 11.7. The van der Waals surface area contributed by atoms with E-state index in [0.717, 1.165) is 37.8 Å². The van der Waals surface area contributed by atoms with Gasteiger partial charge in [-0.25, -0.2) is 14.2 Å². The minimum Gasteiger partial charge on any atom is -0.333 e. The molecule has 2 amide bonds. The molecule has 0 spiro atoms. The van der Waals surface area contributed by atoms with Crippen LogP contribution in [0.3, 0.4) is 0 Å². The van der Waals surface area contributed by atoms with Crippen LogP contribution in [-0.4, -0.2) is 29.3 Å². The van der Waals surface area contributed by atoms with Crippen LogP contribution in [0.5, 0.6) is 0 Å². The quantitative estimate of drug-likeness (QED) is 0.564. The van der Waals surface area contributed by atoms with E-state index in [2.05, 4.69) is 33.0 Å². The predicted molar refractivity (Wildman–Crippen MR) is 119 cm³/mol. The molecule has 0 aromatic heterocycles. The summed E-state index contributed by atoms with van der Waals surface area (Å²) in [5, 5.41) is 9.56. The van der Waals surface area contributed by atoms with Crippen molar-refractivity contribution in [2.45, 2.75) is 84.6 Å². The van der Waals surface area contributed by atoms with E-state index in [1.807, 2.05) is 12.1 Å². The van der Waals surface area contributed by atoms with Crippen LogP contribution in [0.25, 0.3) is 0 Å². The average molecular weight is 414 g/mol. The summed E-state index contributed by atoms with van der Waals surface area (Å²) in [5.74, 6) is 0.307. The van der Waals surface area contributed by atoms with E-state index in [9.17, 15) is 9.18 Å². The second-order valence-corrected chi connectivity index (χ2v) is 10.3. The number of hydrogen-bond acceptors (Lipinski definition) is 2. The molecule has 1 aromatic rings. The van der Waals surface area contributed by atoms with Crippen molar-refractivity contribution in [3.63, 3.8) is 0 Å². The Balaban J connectivity index is 1.50. The third kappa shape index (κ3) is 3.44. The summed E-state index contributed by atoms with van der Waals surface area (Å²) >= 11 is 0. The maximum absolute atomic E-state index is 14.5. The predicted octanol–water partition coefficient (Wildman–Crippen LogP) is 6.09. The van der Waals surface area contributed by atoms with Gasteiger partial charge in [0.15, 0.2) is 0 Å². The zero-order chi connectivity index (χ0) is 21.5. The van der Waals surface area contributed by atoms with Gasteiger partial charge < -0.3 is 5.32 Å². The highest BCUT2D eigenvalue weighted by Gasteiger charge is 2.61. The topological polar surface area (TPSA) is 44.7 Å². The van der Waals surface area contributed by atoms with Crippen LogP contribution >= 0.6 is 0 Å². The van der Waals surface area contributed by atoms with Crippen LogP contribution in [0.1, 0.15) is 84.1 Å². The highest BCUT2D eigenvalue weighted by Crippen LogP contribution is 2.65. The number of carbonyl (C=O) groups excluding carboxylic acids is 1. The fraction of sp³-hybridized carbons (Fsp3) is 0.680. The van der Waals surface area contributed by atoms with E-state index < -0.39 is 0 Å². The van der Waals surface area contributed by atoms with Gasteiger partial charge in [-0.2, -0.15) is 5.10 Å². The summed E-state index contributed by atoms with van der Waals surface area (Å²) in [7, 11) is 0. The highest BCUT2D eigenvalue weighted by molar-refractivity contribution is 5.94. The number of rotatable bonds is 6. The van der Waals surface area contributed by atoms with Crippen LogP contribution in [0, 0.1) is 22.6 Å². The molecule has 2 bridgehead atoms. The average Bonchev–Trinajstić information content (AvgIpc) is 3.28. The van der Waals surface area contributed by atoms with Gasteiger partial charge in [-0.15, -0.1) is 0 Å². The number of nitrogens with zero attached hydrogens (tertiary/aromatic N) is 2. The minimum absolute atomic E-state index is 0.128. The number of halogens is 1. The number of benzene rings is 1. The molecule has 5 heteroatoms. The van der Waals surface area contributed by atoms with Crippen LogP contribution in [0.2, 0.25) is 0 Å². The summed E-state index contributed by atoms with van der Waals surface area (Å²) in [6.07, 6.45) is 7.55. The number of fused-ring (bicyclic) bond motifs is 2. The Bertz CT molecular complexity index is 835. The van der Waals surface area contributed by atoms with Gasteiger partial charge in [0.25, 0.3) is 0 Å². The second-order valence-electron chi connectivity index (χ2n) is 10.3. The number of amides is 2. The summed E-state index contributed by atoms with van der Waals surface area (Å²) in [6, 6.07) is 6.96. The zero-order valence-electron chi connectivity index (χ0n) is 18.9. The van der Waals surface area contributed by atoms with Gasteiger partial charge in [-0.05, 0) is 60.5 Å². The Hall–Kier alpha value is -1.91. The van der Waals surface area contributed by atoms with Gasteiger partial charge in [0.2, 0.25) is 0 Å². The summed E-state index contributed by atoms with van der Waals surface area (Å²) < 4.78 is 14.5. The van der Waals surface area contributed by atoms with Gasteiger partial charge in [0.1, 0.15) is 5.82 Å². The minimum atomic E-state index is -0.213. The normalized spacial score (nSPS) is 31.8. The van der Waals surface area contributed by atoms with E-state index >= 15 is 0 Å². The molecule has 1 aliphatic heterocycles. The number of urea groups is 1. The molecule has 4 nitrogen and oxygen atoms in total. The molecule has 2 fully saturated rings. The molecule has 2 saturated carbocycles. The first-order chi connectivity index (χ1) is 14.3. The lowest BCUT2D eigenvalue weighted by Gasteiger charge is -2.39. The monoisotopic (exact) mass is 413 g/mol. The Morgan fingerprint density at radius 1 is 1.27 bits per heavy atom. The molecule has 0 radical (unpaired) electrons. The van der Waals surface area contributed by atoms with Crippen LogP contribution in [0.4, 0.5) is 9.18 Å². The third-order valence-electron chi connectivity index (χ3n) is 8.65. The Morgan fingerprint density at radius 3 is 2.67 bits per heavy atom. The number of nitrogens with one attached hydrogen (secondary N) is 1. The second kappa shape index (κ2) is 7.97. The SMILES string of the molecule is CCCCCC1=NN(C(=O)N[C@H]2C[C@H]3CC[C@]2(C)C3(C)C)CC1c1ccccc1F. The molecule has 4 atom stereocenters. The lowest BCUT2D eigenvalue weighted by atomic mass is 9.69. The van der Waals surface area contributed by atoms with E-state index in [0.29, 0.717) is 18.0 Å². The summed E-state index contributed by atoms with van der Waals surface area (Å²) in [6.45, 7) is 9.62. The van der Waals surface area contributed by atoms with Gasteiger partial charge in [0, 0.05) is 17.7 Å². The van der Waals surface area contributed by atoms with Gasteiger partial charge in [-0.1, -0.05) is 58.7 Å². The number of hydrogen-bond donors (Lipinski definition) is 1. The molecule has 1 heterocycles. The lowest BCUT2D eigenvalue weighted by Crippen LogP contribution is -2.50. The number of carbonyl (C=O) groups is 1. The lowest BCUT2D eigenvalue weighted by molar-refractivity contribution is 0.118. The largest absolute Gasteiger partial charge is 0.338 e. The van der Waals surface area contributed by atoms with Crippen LogP contribution < -0.4 is 5.32 Å². The van der Waals surface area contributed by atoms with Crippen molar-refractivity contribution in [2.75, 3.05) is 6.54 Å². The Morgan fingerprint density at radius 2 is 2.03 bits per heavy atom. The fourth-order valence-electron chi connectivity index (χ4n) is 6.13. The number of unbranched alkanes of at least 4 members (excludes halogenated alkanes) is 2. The Kier molecular flexibility index (Phi) is 5.67. The molecule has 4 rings (SSSR count). The van der Waals surface area contributed by atoms with Crippen LogP contribution in [0.15, 0.2) is 29.4 Å². The van der Waals surface area contributed by atoms with Crippen molar-refractivity contribution in [1.29, 1.82) is 0 Å². The fourth-order valence-corrected chi connectivity index (χ4v) is 6.13. The van der Waals surface area contributed by atoms with E-state index in [4.69, 9.17) is 5.10 Å². The molecule has 164 valence electrons. The molecule has 2 aliphatic carbocycles. The molecule has 3 aliphatic rings. The number of hydrazone groups is 1. The smallest absolute Gasteiger partial charge is 0.333 e. The van der Waals surface area contributed by atoms with E-state index in [-0.39, 0.29) is 34.6 Å². The van der Waals surface area contributed by atoms with Gasteiger partial charge in [-0.3, -0.25) is 0 Å². The van der Waals surface area contributed by atoms with Crippen molar-refractivity contribution in [1.82, 2.24) is 10.3 Å². The van der Waals surface area contributed by atoms with Crippen molar-refractivity contribution in [2.24, 2.45) is 21.8 Å². The van der Waals surface area contributed by atoms with Crippen molar-refractivity contribution >= 4 is 11.7 Å². The molecular weight excluding hydrogens is 377 g/mol. The third-order valence-corrected chi connectivity index (χ3v) is 8.65. The Labute approximate surface area is 180 Å². The van der Waals surface area contributed by atoms with Crippen molar-refractivity contribution in [3.05, 3.63) is 35.6 Å². The zero-order valence-corrected chi connectivity index (χ0v) is 18.9. The first-order valence-electron chi connectivity index (χ1n) is 11.7. The maximum Gasteiger partial charge on any atom is 0.338 e. The van der Waals surface area contributed by atoms with Crippen molar-refractivity contribution in [3.8, 4) is 0 Å². The molecule has 1 N–H and O–H groups in total. The van der Waals surface area contributed by atoms with E-state index in [1.165, 1.54) is 18.9 Å². The standard InChI is InChI=1S/C25H36FN3O/c1-5-6-7-12-21-19(18-10-8-9-11-20(18)26)16-29(28-21)23(30)27-22-15-17-13-14-25(22,4)24(17,2)3/h8-11,17,19,22H,5-7,12-16H2,1-4H3,(H,27,30)/t17-,19?,22+,25+/m1/s1. The highest BCUT2D eigenvalue weighted by atomic mass is 19.1. The van der Waals surface area contributed by atoms with Gasteiger partial charge >= 0.3 is 6.03 Å². The first kappa shape index (κ1) is 21.3. The summed E-state index contributed by atoms with van der Waals surface area (Å²) in [5.41, 5.74) is 1.96. The summed E-state index contributed by atoms with van der Waals surface area (Å²) in [4.78, 5) is 13.2. The molecule has 30 heavy (non-hydrogen) atoms. The molecule has 1 unspecified atom stereocenters. The van der Waals surface area contributed by atoms with Crippen molar-refractivity contribution < 1.29 is 9.18 Å².